The van der Waals surface area contributed by atoms with Crippen LogP contribution < -0.4 is 9.47 Å². The van der Waals surface area contributed by atoms with Gasteiger partial charge in [-0.1, -0.05) is 23.7 Å². The first-order valence-corrected chi connectivity index (χ1v) is 7.30. The van der Waals surface area contributed by atoms with E-state index in [1.54, 1.807) is 24.3 Å². The quantitative estimate of drug-likeness (QED) is 0.584. The first kappa shape index (κ1) is 14.4. The first-order valence-electron chi connectivity index (χ1n) is 6.13. The Morgan fingerprint density at radius 2 is 2.00 bits per heavy atom. The van der Waals surface area contributed by atoms with Crippen molar-refractivity contribution >= 4 is 33.3 Å². The average Bonchev–Trinajstić information content (AvgIpc) is 2.50. The van der Waals surface area contributed by atoms with Gasteiger partial charge in [0.25, 0.3) is 0 Å². The molecule has 1 unspecified atom stereocenters. The lowest BCUT2D eigenvalue weighted by Crippen LogP contribution is -2.37. The molecule has 108 valence electrons. The van der Waals surface area contributed by atoms with E-state index in [-0.39, 0.29) is 17.2 Å². The Hall–Kier alpha value is -1.59. The molecule has 1 heterocycles. The minimum absolute atomic E-state index is 0.0307. The summed E-state index contributed by atoms with van der Waals surface area (Å²) in [4.78, 5) is 12.4. The zero-order chi connectivity index (χ0) is 15.0. The minimum atomic E-state index is -0.897. The summed E-state index contributed by atoms with van der Waals surface area (Å²) in [7, 11) is 0. The molecule has 0 N–H and O–H groups in total. The highest BCUT2D eigenvalue weighted by molar-refractivity contribution is 9.10. The number of hydrogen-bond donors (Lipinski definition) is 0. The van der Waals surface area contributed by atoms with E-state index in [0.29, 0.717) is 16.0 Å². The number of para-hydroxylation sites is 2. The number of ketones is 1. The van der Waals surface area contributed by atoms with Crippen molar-refractivity contribution < 1.29 is 18.7 Å². The lowest BCUT2D eigenvalue weighted by molar-refractivity contribution is 0.0582. The van der Waals surface area contributed by atoms with Gasteiger partial charge in [0.1, 0.15) is 12.4 Å². The van der Waals surface area contributed by atoms with E-state index in [0.717, 1.165) is 6.07 Å². The number of carbonyl (C=O) groups is 1. The summed E-state index contributed by atoms with van der Waals surface area (Å²) < 4.78 is 25.4. The molecule has 1 aliphatic heterocycles. The molecule has 0 aromatic heterocycles. The standard InChI is InChI=1S/C15H9BrClFO3/c16-9-6-11(18)8(5-10(9)17)15(19)14-7-20-12-3-1-2-4-13(12)21-14/h1-6,14H,7H2. The maximum Gasteiger partial charge on any atom is 0.209 e. The number of halogens is 3. The maximum atomic E-state index is 13.9. The molecule has 6 heteroatoms. The third-order valence-corrected chi connectivity index (χ3v) is 4.27. The molecular weight excluding hydrogens is 363 g/mol. The highest BCUT2D eigenvalue weighted by atomic mass is 79.9. The molecule has 2 aromatic carbocycles. The minimum Gasteiger partial charge on any atom is -0.485 e. The van der Waals surface area contributed by atoms with Crippen LogP contribution in [-0.2, 0) is 0 Å². The van der Waals surface area contributed by atoms with Gasteiger partial charge in [0.05, 0.1) is 10.6 Å². The summed E-state index contributed by atoms with van der Waals surface area (Å²) >= 11 is 9.02. The zero-order valence-corrected chi connectivity index (χ0v) is 12.9. The highest BCUT2D eigenvalue weighted by Gasteiger charge is 2.30. The van der Waals surface area contributed by atoms with Crippen molar-refractivity contribution in [2.45, 2.75) is 6.10 Å². The second kappa shape index (κ2) is 5.66. The average molecular weight is 372 g/mol. The molecule has 0 amide bonds. The molecule has 1 atom stereocenters. The molecule has 0 aliphatic carbocycles. The lowest BCUT2D eigenvalue weighted by Gasteiger charge is -2.25. The topological polar surface area (TPSA) is 35.5 Å². The van der Waals surface area contributed by atoms with E-state index >= 15 is 0 Å². The third kappa shape index (κ3) is 2.76. The van der Waals surface area contributed by atoms with Crippen LogP contribution in [0, 0.1) is 5.82 Å². The van der Waals surface area contributed by atoms with Gasteiger partial charge in [-0.25, -0.2) is 4.39 Å². The number of carbonyl (C=O) groups excluding carboxylic acids is 1. The number of Topliss-reactive ketones (excluding diaryl/α,β-unsaturated/α-hetero) is 1. The molecule has 3 rings (SSSR count). The Balaban J connectivity index is 1.89. The Morgan fingerprint density at radius 3 is 2.76 bits per heavy atom. The van der Waals surface area contributed by atoms with Crippen LogP contribution >= 0.6 is 27.5 Å². The van der Waals surface area contributed by atoms with Crippen LogP contribution in [0.4, 0.5) is 4.39 Å². The molecule has 3 nitrogen and oxygen atoms in total. The fraction of sp³-hybridized carbons (Fsp3) is 0.133. The molecule has 2 aromatic rings. The monoisotopic (exact) mass is 370 g/mol. The van der Waals surface area contributed by atoms with Crippen LogP contribution in [0.1, 0.15) is 10.4 Å². The maximum absolute atomic E-state index is 13.9. The van der Waals surface area contributed by atoms with Crippen molar-refractivity contribution in [2.75, 3.05) is 6.61 Å². The molecule has 0 saturated heterocycles. The summed E-state index contributed by atoms with van der Waals surface area (Å²) in [6, 6.07) is 9.46. The van der Waals surface area contributed by atoms with Gasteiger partial charge < -0.3 is 9.47 Å². The first-order chi connectivity index (χ1) is 10.1. The van der Waals surface area contributed by atoms with Crippen LogP contribution in [0.3, 0.4) is 0 Å². The summed E-state index contributed by atoms with van der Waals surface area (Å²) in [6.45, 7) is 0.0307. The van der Waals surface area contributed by atoms with Gasteiger partial charge in [-0.2, -0.15) is 0 Å². The fourth-order valence-corrected chi connectivity index (χ4v) is 2.51. The Labute approximate surface area is 133 Å². The molecule has 21 heavy (non-hydrogen) atoms. The lowest BCUT2D eigenvalue weighted by atomic mass is 10.1. The van der Waals surface area contributed by atoms with E-state index in [4.69, 9.17) is 21.1 Å². The van der Waals surface area contributed by atoms with Crippen molar-refractivity contribution in [3.63, 3.8) is 0 Å². The van der Waals surface area contributed by atoms with E-state index in [2.05, 4.69) is 15.9 Å². The second-order valence-corrected chi connectivity index (χ2v) is 5.74. The van der Waals surface area contributed by atoms with E-state index in [1.807, 2.05) is 0 Å². The van der Waals surface area contributed by atoms with Crippen LogP contribution in [-0.4, -0.2) is 18.5 Å². The van der Waals surface area contributed by atoms with Crippen molar-refractivity contribution in [3.8, 4) is 11.5 Å². The van der Waals surface area contributed by atoms with Gasteiger partial charge in [0, 0.05) is 4.47 Å². The molecule has 0 bridgehead atoms. The molecule has 0 fully saturated rings. The van der Waals surface area contributed by atoms with Crippen LogP contribution in [0.5, 0.6) is 11.5 Å². The molecule has 0 saturated carbocycles. The number of hydrogen-bond acceptors (Lipinski definition) is 3. The summed E-state index contributed by atoms with van der Waals surface area (Å²) in [5.74, 6) is -0.128. The Bertz CT molecular complexity index is 720. The van der Waals surface area contributed by atoms with Crippen molar-refractivity contribution in [1.29, 1.82) is 0 Å². The summed E-state index contributed by atoms with van der Waals surface area (Å²) in [5.41, 5.74) is -0.115. The van der Waals surface area contributed by atoms with Crippen molar-refractivity contribution in [1.82, 2.24) is 0 Å². The van der Waals surface area contributed by atoms with Gasteiger partial charge in [-0.3, -0.25) is 4.79 Å². The predicted octanol–water partition coefficient (Wildman–Crippen LogP) is 4.26. The zero-order valence-electron chi connectivity index (χ0n) is 10.6. The predicted molar refractivity (Wildman–Crippen MR) is 79.8 cm³/mol. The van der Waals surface area contributed by atoms with Gasteiger partial charge in [-0.15, -0.1) is 0 Å². The van der Waals surface area contributed by atoms with Crippen LogP contribution in [0.15, 0.2) is 40.9 Å². The van der Waals surface area contributed by atoms with Gasteiger partial charge in [-0.05, 0) is 40.2 Å². The van der Waals surface area contributed by atoms with Crippen LogP contribution in [0.25, 0.3) is 0 Å². The second-order valence-electron chi connectivity index (χ2n) is 4.47. The SMILES string of the molecule is O=C(c1cc(Cl)c(Br)cc1F)C1COc2ccccc2O1. The Morgan fingerprint density at radius 1 is 1.29 bits per heavy atom. The molecule has 1 aliphatic rings. The smallest absolute Gasteiger partial charge is 0.209 e. The highest BCUT2D eigenvalue weighted by Crippen LogP contribution is 2.33. The fourth-order valence-electron chi connectivity index (χ4n) is 2.03. The van der Waals surface area contributed by atoms with Gasteiger partial charge in [0.2, 0.25) is 5.78 Å². The Kier molecular flexibility index (Phi) is 3.87. The van der Waals surface area contributed by atoms with Gasteiger partial charge in [0.15, 0.2) is 17.6 Å². The molecule has 0 spiro atoms. The van der Waals surface area contributed by atoms with E-state index in [1.165, 1.54) is 6.07 Å². The van der Waals surface area contributed by atoms with Crippen molar-refractivity contribution in [2.24, 2.45) is 0 Å². The van der Waals surface area contributed by atoms with Crippen molar-refractivity contribution in [3.05, 3.63) is 57.3 Å². The number of benzene rings is 2. The third-order valence-electron chi connectivity index (χ3n) is 3.08. The number of rotatable bonds is 2. The number of ether oxygens (including phenoxy) is 2. The molecular formula is C15H9BrClFO3. The number of fused-ring (bicyclic) bond motifs is 1. The normalized spacial score (nSPS) is 16.6. The molecule has 0 radical (unpaired) electrons. The summed E-state index contributed by atoms with van der Waals surface area (Å²) in [5, 5.41) is 0.261. The largest absolute Gasteiger partial charge is 0.485 e. The van der Waals surface area contributed by atoms with Crippen LogP contribution in [0.2, 0.25) is 5.02 Å². The van der Waals surface area contributed by atoms with Gasteiger partial charge >= 0.3 is 0 Å². The van der Waals surface area contributed by atoms with E-state index < -0.39 is 17.7 Å². The summed E-state index contributed by atoms with van der Waals surface area (Å²) in [6.07, 6.45) is -0.897. The van der Waals surface area contributed by atoms with E-state index in [9.17, 15) is 9.18 Å².